The molecule has 1 aliphatic rings. The number of hydrogen-bond acceptors (Lipinski definition) is 2. The van der Waals surface area contributed by atoms with E-state index in [1.54, 1.807) is 0 Å². The number of nitrogens with zero attached hydrogens (tertiary/aromatic N) is 1. The van der Waals surface area contributed by atoms with Crippen LogP contribution >= 0.6 is 0 Å². The second-order valence-electron chi connectivity index (χ2n) is 5.43. The number of likely N-dealkylation sites (tertiary alicyclic amines) is 1. The molecule has 0 spiro atoms. The number of aromatic nitrogens is 1. The predicted octanol–water partition coefficient (Wildman–Crippen LogP) is 2.66. The van der Waals surface area contributed by atoms with E-state index >= 15 is 0 Å². The first-order chi connectivity index (χ1) is 10.2. The van der Waals surface area contributed by atoms with Crippen LogP contribution < -0.4 is 5.56 Å². The summed E-state index contributed by atoms with van der Waals surface area (Å²) in [6, 6.07) is 12.8. The van der Waals surface area contributed by atoms with Crippen LogP contribution in [0.15, 0.2) is 47.3 Å². The van der Waals surface area contributed by atoms with Crippen molar-refractivity contribution in [1.82, 2.24) is 9.88 Å². The highest BCUT2D eigenvalue weighted by atomic mass is 16.2. The molecule has 1 aliphatic heterocycles. The Kier molecular flexibility index (Phi) is 3.60. The fourth-order valence-corrected chi connectivity index (χ4v) is 3.03. The van der Waals surface area contributed by atoms with Crippen molar-refractivity contribution in [3.63, 3.8) is 0 Å². The van der Waals surface area contributed by atoms with Crippen LogP contribution in [0.5, 0.6) is 0 Å². The summed E-state index contributed by atoms with van der Waals surface area (Å²) < 4.78 is 0. The van der Waals surface area contributed by atoms with Gasteiger partial charge in [-0.1, -0.05) is 18.2 Å². The molecule has 2 aromatic rings. The van der Waals surface area contributed by atoms with Gasteiger partial charge in [0.05, 0.1) is 6.04 Å². The lowest BCUT2D eigenvalue weighted by atomic mass is 10.0. The van der Waals surface area contributed by atoms with Crippen LogP contribution in [0.2, 0.25) is 0 Å². The zero-order valence-corrected chi connectivity index (χ0v) is 12.0. The molecule has 2 heterocycles. The molecule has 0 bridgehead atoms. The van der Waals surface area contributed by atoms with Gasteiger partial charge in [0.15, 0.2) is 0 Å². The van der Waals surface area contributed by atoms with Crippen LogP contribution in [0, 0.1) is 6.92 Å². The fourth-order valence-electron chi connectivity index (χ4n) is 3.03. The Morgan fingerprint density at radius 3 is 2.67 bits per heavy atom. The van der Waals surface area contributed by atoms with Gasteiger partial charge in [-0.2, -0.15) is 0 Å². The van der Waals surface area contributed by atoms with Crippen molar-refractivity contribution in [2.45, 2.75) is 25.8 Å². The van der Waals surface area contributed by atoms with Crippen molar-refractivity contribution < 1.29 is 4.79 Å². The monoisotopic (exact) mass is 282 g/mol. The van der Waals surface area contributed by atoms with Crippen LogP contribution in [0.3, 0.4) is 0 Å². The predicted molar refractivity (Wildman–Crippen MR) is 81.3 cm³/mol. The van der Waals surface area contributed by atoms with Crippen LogP contribution in [-0.2, 0) is 0 Å². The Balaban J connectivity index is 1.92. The number of hydrogen-bond donors (Lipinski definition) is 1. The molecule has 3 rings (SSSR count). The maximum Gasteiger partial charge on any atom is 0.254 e. The largest absolute Gasteiger partial charge is 0.332 e. The van der Waals surface area contributed by atoms with E-state index in [0.717, 1.165) is 30.6 Å². The summed E-state index contributed by atoms with van der Waals surface area (Å²) in [5, 5.41) is 0. The average molecular weight is 282 g/mol. The van der Waals surface area contributed by atoms with Crippen LogP contribution in [-0.4, -0.2) is 22.3 Å². The van der Waals surface area contributed by atoms with Gasteiger partial charge in [0.25, 0.3) is 5.91 Å². The van der Waals surface area contributed by atoms with E-state index in [2.05, 4.69) is 4.98 Å². The van der Waals surface area contributed by atoms with Crippen molar-refractivity contribution in [2.24, 2.45) is 0 Å². The van der Waals surface area contributed by atoms with Gasteiger partial charge in [-0.05, 0) is 43.5 Å². The number of benzene rings is 1. The summed E-state index contributed by atoms with van der Waals surface area (Å²) in [4.78, 5) is 28.8. The van der Waals surface area contributed by atoms with Crippen LogP contribution in [0.1, 0.15) is 40.5 Å². The SMILES string of the molecule is Cc1[nH]c(=O)ccc1C1CCCN1C(=O)c1ccccc1. The standard InChI is InChI=1S/C17H18N2O2/c1-12-14(9-10-16(20)18-12)15-8-5-11-19(15)17(21)13-6-3-2-4-7-13/h2-4,6-7,9-10,15H,5,8,11H2,1H3,(H,18,20). The van der Waals surface area contributed by atoms with Gasteiger partial charge >= 0.3 is 0 Å². The highest BCUT2D eigenvalue weighted by Gasteiger charge is 2.31. The minimum atomic E-state index is -0.102. The first-order valence-electron chi connectivity index (χ1n) is 7.22. The Hall–Kier alpha value is -2.36. The summed E-state index contributed by atoms with van der Waals surface area (Å²) in [5.41, 5.74) is 2.50. The van der Waals surface area contributed by atoms with Crippen molar-refractivity contribution in [3.05, 3.63) is 69.6 Å². The number of pyridine rings is 1. The van der Waals surface area contributed by atoms with Gasteiger partial charge in [-0.3, -0.25) is 9.59 Å². The van der Waals surface area contributed by atoms with E-state index in [9.17, 15) is 9.59 Å². The quantitative estimate of drug-likeness (QED) is 0.920. The van der Waals surface area contributed by atoms with Gasteiger partial charge in [0.1, 0.15) is 0 Å². The molecule has 1 N–H and O–H groups in total. The Bertz CT molecular complexity index is 706. The number of nitrogens with one attached hydrogen (secondary N) is 1. The van der Waals surface area contributed by atoms with E-state index < -0.39 is 0 Å². The first kappa shape index (κ1) is 13.6. The number of carbonyl (C=O) groups excluding carboxylic acids is 1. The third-order valence-corrected chi connectivity index (χ3v) is 4.05. The Labute approximate surface area is 123 Å². The van der Waals surface area contributed by atoms with Gasteiger partial charge in [-0.15, -0.1) is 0 Å². The van der Waals surface area contributed by atoms with Gasteiger partial charge in [-0.25, -0.2) is 0 Å². The van der Waals surface area contributed by atoms with Crippen molar-refractivity contribution in [1.29, 1.82) is 0 Å². The summed E-state index contributed by atoms with van der Waals surface area (Å²) in [6.07, 6.45) is 1.92. The topological polar surface area (TPSA) is 53.2 Å². The zero-order valence-electron chi connectivity index (χ0n) is 12.0. The normalized spacial score (nSPS) is 18.0. The summed E-state index contributed by atoms with van der Waals surface area (Å²) in [5.74, 6) is 0.0590. The Morgan fingerprint density at radius 2 is 1.95 bits per heavy atom. The number of H-pyrrole nitrogens is 1. The molecular formula is C17H18N2O2. The van der Waals surface area contributed by atoms with E-state index in [0.29, 0.717) is 5.56 Å². The fraction of sp³-hybridized carbons (Fsp3) is 0.294. The van der Waals surface area contributed by atoms with Crippen molar-refractivity contribution in [2.75, 3.05) is 6.54 Å². The van der Waals surface area contributed by atoms with Crippen molar-refractivity contribution >= 4 is 5.91 Å². The third-order valence-electron chi connectivity index (χ3n) is 4.05. The maximum atomic E-state index is 12.7. The number of aromatic amines is 1. The molecule has 1 saturated heterocycles. The lowest BCUT2D eigenvalue weighted by molar-refractivity contribution is 0.0735. The second-order valence-corrected chi connectivity index (χ2v) is 5.43. The molecule has 21 heavy (non-hydrogen) atoms. The molecule has 1 unspecified atom stereocenters. The molecule has 0 aliphatic carbocycles. The molecule has 4 nitrogen and oxygen atoms in total. The van der Waals surface area contributed by atoms with E-state index in [-0.39, 0.29) is 17.5 Å². The minimum Gasteiger partial charge on any atom is -0.332 e. The second kappa shape index (κ2) is 5.56. The third kappa shape index (κ3) is 2.61. The molecular weight excluding hydrogens is 264 g/mol. The highest BCUT2D eigenvalue weighted by molar-refractivity contribution is 5.94. The molecule has 1 fully saturated rings. The zero-order chi connectivity index (χ0) is 14.8. The van der Waals surface area contributed by atoms with Gasteiger partial charge in [0.2, 0.25) is 5.56 Å². The molecule has 1 aromatic heterocycles. The van der Waals surface area contributed by atoms with Gasteiger partial charge in [0, 0.05) is 23.9 Å². The number of amides is 1. The molecule has 1 amide bonds. The maximum absolute atomic E-state index is 12.7. The Morgan fingerprint density at radius 1 is 1.19 bits per heavy atom. The lowest BCUT2D eigenvalue weighted by Gasteiger charge is -2.26. The van der Waals surface area contributed by atoms with E-state index in [1.807, 2.05) is 48.2 Å². The number of aryl methyl sites for hydroxylation is 1. The summed E-state index contributed by atoms with van der Waals surface area (Å²) in [7, 11) is 0. The lowest BCUT2D eigenvalue weighted by Crippen LogP contribution is -2.31. The summed E-state index contributed by atoms with van der Waals surface area (Å²) in [6.45, 7) is 2.65. The molecule has 108 valence electrons. The first-order valence-corrected chi connectivity index (χ1v) is 7.22. The number of carbonyl (C=O) groups is 1. The molecule has 0 radical (unpaired) electrons. The van der Waals surface area contributed by atoms with E-state index in [1.165, 1.54) is 6.07 Å². The average Bonchev–Trinajstić information content (AvgIpc) is 2.96. The van der Waals surface area contributed by atoms with Crippen LogP contribution in [0.4, 0.5) is 0 Å². The molecule has 1 aromatic carbocycles. The van der Waals surface area contributed by atoms with Gasteiger partial charge < -0.3 is 9.88 Å². The summed E-state index contributed by atoms with van der Waals surface area (Å²) >= 11 is 0. The molecule has 1 atom stereocenters. The van der Waals surface area contributed by atoms with E-state index in [4.69, 9.17) is 0 Å². The molecule has 0 saturated carbocycles. The molecule has 4 heteroatoms. The minimum absolute atomic E-state index is 0.0505. The van der Waals surface area contributed by atoms with Crippen LogP contribution in [0.25, 0.3) is 0 Å². The smallest absolute Gasteiger partial charge is 0.254 e. The van der Waals surface area contributed by atoms with Crippen molar-refractivity contribution in [3.8, 4) is 0 Å². The highest BCUT2D eigenvalue weighted by Crippen LogP contribution is 2.33. The number of rotatable bonds is 2.